The van der Waals surface area contributed by atoms with Gasteiger partial charge in [0.25, 0.3) is 0 Å². The van der Waals surface area contributed by atoms with Crippen LogP contribution in [-0.2, 0) is 0 Å². The van der Waals surface area contributed by atoms with Crippen LogP contribution in [0.1, 0.15) is 16.8 Å². The van der Waals surface area contributed by atoms with Crippen LogP contribution in [0.15, 0.2) is 42.5 Å². The van der Waals surface area contributed by atoms with Crippen LogP contribution in [-0.4, -0.2) is 60.4 Å². The number of carbonyl (C=O) groups excluding carboxylic acids is 1. The summed E-state index contributed by atoms with van der Waals surface area (Å²) in [7, 11) is 5.71. The van der Waals surface area contributed by atoms with Crippen LogP contribution >= 0.6 is 0 Å². The van der Waals surface area contributed by atoms with Crippen LogP contribution < -0.4 is 10.1 Å². The molecular weight excluding hydrogens is 378 g/mol. The van der Waals surface area contributed by atoms with Crippen molar-refractivity contribution in [3.8, 4) is 17.3 Å². The van der Waals surface area contributed by atoms with Gasteiger partial charge in [-0.05, 0) is 51.3 Å². The summed E-state index contributed by atoms with van der Waals surface area (Å²) in [4.78, 5) is 27.0. The van der Waals surface area contributed by atoms with Crippen LogP contribution in [0.3, 0.4) is 0 Å². The van der Waals surface area contributed by atoms with Gasteiger partial charge in [-0.25, -0.2) is 9.97 Å². The molecule has 0 bridgehead atoms. The van der Waals surface area contributed by atoms with E-state index in [9.17, 15) is 4.79 Å². The fourth-order valence-corrected chi connectivity index (χ4v) is 3.63. The molecule has 0 aliphatic rings. The maximum Gasteiger partial charge on any atom is 0.179 e. The highest BCUT2D eigenvalue weighted by atomic mass is 16.5. The first-order valence-electron chi connectivity index (χ1n) is 9.92. The van der Waals surface area contributed by atoms with Gasteiger partial charge in [0.05, 0.1) is 34.8 Å². The third kappa shape index (κ3) is 3.71. The second-order valence-electron chi connectivity index (χ2n) is 7.41. The molecule has 30 heavy (non-hydrogen) atoms. The number of aldehydes is 1. The van der Waals surface area contributed by atoms with Crippen molar-refractivity contribution in [1.29, 1.82) is 0 Å². The van der Waals surface area contributed by atoms with E-state index in [0.29, 0.717) is 22.8 Å². The largest absolute Gasteiger partial charge is 0.496 e. The van der Waals surface area contributed by atoms with Gasteiger partial charge in [0, 0.05) is 11.9 Å². The summed E-state index contributed by atoms with van der Waals surface area (Å²) in [6, 6.07) is 13.5. The third-order valence-corrected chi connectivity index (χ3v) is 5.06. The number of nitrogens with one attached hydrogen (secondary N) is 2. The minimum Gasteiger partial charge on any atom is -0.496 e. The lowest BCUT2D eigenvalue weighted by atomic mass is 10.1. The van der Waals surface area contributed by atoms with E-state index in [1.165, 1.54) is 0 Å². The van der Waals surface area contributed by atoms with Gasteiger partial charge in [0.2, 0.25) is 0 Å². The highest BCUT2D eigenvalue weighted by Crippen LogP contribution is 2.35. The average Bonchev–Trinajstić information content (AvgIpc) is 3.15. The number of benzene rings is 2. The molecule has 0 aliphatic carbocycles. The first kappa shape index (κ1) is 19.8. The normalized spacial score (nSPS) is 11.3. The quantitative estimate of drug-likeness (QED) is 0.342. The number of aromatic nitrogens is 3. The third-order valence-electron chi connectivity index (χ3n) is 5.06. The van der Waals surface area contributed by atoms with Gasteiger partial charge in [0.15, 0.2) is 12.1 Å². The highest BCUT2D eigenvalue weighted by molar-refractivity contribution is 6.07. The van der Waals surface area contributed by atoms with Crippen molar-refractivity contribution >= 4 is 33.9 Å². The van der Waals surface area contributed by atoms with Crippen molar-refractivity contribution in [2.45, 2.75) is 6.42 Å². The van der Waals surface area contributed by atoms with Crippen LogP contribution in [0.5, 0.6) is 5.75 Å². The topological polar surface area (TPSA) is 83.1 Å². The minimum absolute atomic E-state index is 0.476. The van der Waals surface area contributed by atoms with Crippen molar-refractivity contribution in [2.75, 3.05) is 39.6 Å². The van der Waals surface area contributed by atoms with Gasteiger partial charge in [-0.3, -0.25) is 4.79 Å². The van der Waals surface area contributed by atoms with E-state index in [1.54, 1.807) is 7.11 Å². The standard InChI is InChI=1S/C23H25N5O2/c1-28(2)13-7-12-24-22-15-8-4-5-9-17(15)26-23(27-22)21-16(14-29)20-18(25-21)10-6-11-19(20)30-3/h4-6,8-11,14,25H,7,12-13H2,1-3H3,(H,24,26,27). The number of fused-ring (bicyclic) bond motifs is 2. The zero-order valence-corrected chi connectivity index (χ0v) is 17.4. The number of hydrogen-bond donors (Lipinski definition) is 2. The Bertz CT molecular complexity index is 1200. The summed E-state index contributed by atoms with van der Waals surface area (Å²) in [5.74, 6) is 1.88. The van der Waals surface area contributed by atoms with E-state index in [0.717, 1.165) is 53.4 Å². The van der Waals surface area contributed by atoms with Gasteiger partial charge < -0.3 is 19.9 Å². The zero-order chi connectivity index (χ0) is 21.1. The first-order valence-corrected chi connectivity index (χ1v) is 9.92. The van der Waals surface area contributed by atoms with Crippen molar-refractivity contribution in [3.63, 3.8) is 0 Å². The Morgan fingerprint density at radius 2 is 1.97 bits per heavy atom. The fourth-order valence-electron chi connectivity index (χ4n) is 3.63. The second kappa shape index (κ2) is 8.51. The molecule has 2 heterocycles. The molecule has 0 aliphatic heterocycles. The molecule has 0 saturated carbocycles. The van der Waals surface area contributed by atoms with Crippen molar-refractivity contribution in [1.82, 2.24) is 19.9 Å². The minimum atomic E-state index is 0.476. The molecule has 2 aromatic carbocycles. The van der Waals surface area contributed by atoms with Crippen LogP contribution in [0.2, 0.25) is 0 Å². The Kier molecular flexibility index (Phi) is 5.63. The summed E-state index contributed by atoms with van der Waals surface area (Å²) >= 11 is 0. The number of hydrogen-bond acceptors (Lipinski definition) is 6. The Balaban J connectivity index is 1.82. The molecule has 0 saturated heterocycles. The number of carbonyl (C=O) groups is 1. The van der Waals surface area contributed by atoms with Crippen molar-refractivity contribution in [3.05, 3.63) is 48.0 Å². The molecule has 0 spiro atoms. The predicted octanol–water partition coefficient (Wildman–Crippen LogP) is 3.96. The lowest BCUT2D eigenvalue weighted by Crippen LogP contribution is -2.17. The Morgan fingerprint density at radius 1 is 1.13 bits per heavy atom. The summed E-state index contributed by atoms with van der Waals surface area (Å²) in [6.07, 6.45) is 1.82. The number of para-hydroxylation sites is 1. The van der Waals surface area contributed by atoms with E-state index in [2.05, 4.69) is 29.3 Å². The number of aromatic amines is 1. The van der Waals surface area contributed by atoms with Crippen LogP contribution in [0.4, 0.5) is 5.82 Å². The lowest BCUT2D eigenvalue weighted by Gasteiger charge is -2.12. The molecule has 7 nitrogen and oxygen atoms in total. The summed E-state index contributed by atoms with van der Waals surface area (Å²) in [6.45, 7) is 1.78. The van der Waals surface area contributed by atoms with Crippen molar-refractivity contribution < 1.29 is 9.53 Å². The number of H-pyrrole nitrogens is 1. The van der Waals surface area contributed by atoms with Crippen LogP contribution in [0.25, 0.3) is 33.3 Å². The number of methoxy groups -OCH3 is 1. The molecule has 4 aromatic rings. The van der Waals surface area contributed by atoms with Gasteiger partial charge in [0.1, 0.15) is 11.6 Å². The molecule has 0 fully saturated rings. The summed E-state index contributed by atoms with van der Waals surface area (Å²) < 4.78 is 5.46. The molecular formula is C23H25N5O2. The fraction of sp³-hybridized carbons (Fsp3) is 0.261. The molecule has 154 valence electrons. The molecule has 2 aromatic heterocycles. The SMILES string of the molecule is COc1cccc2[nH]c(-c3nc(NCCCN(C)C)c4ccccc4n3)c(C=O)c12. The molecule has 2 N–H and O–H groups in total. The summed E-state index contributed by atoms with van der Waals surface area (Å²) in [5.41, 5.74) is 2.71. The van der Waals surface area contributed by atoms with E-state index in [1.807, 2.05) is 42.5 Å². The maximum atomic E-state index is 12.0. The number of nitrogens with zero attached hydrogens (tertiary/aromatic N) is 3. The van der Waals surface area contributed by atoms with E-state index in [4.69, 9.17) is 14.7 Å². The molecule has 0 unspecified atom stereocenters. The predicted molar refractivity (Wildman–Crippen MR) is 120 cm³/mol. The van der Waals surface area contributed by atoms with E-state index < -0.39 is 0 Å². The molecule has 0 atom stereocenters. The number of anilines is 1. The first-order chi connectivity index (χ1) is 14.6. The highest BCUT2D eigenvalue weighted by Gasteiger charge is 2.19. The monoisotopic (exact) mass is 403 g/mol. The molecule has 0 amide bonds. The van der Waals surface area contributed by atoms with E-state index in [-0.39, 0.29) is 0 Å². The lowest BCUT2D eigenvalue weighted by molar-refractivity contribution is 0.112. The second-order valence-corrected chi connectivity index (χ2v) is 7.41. The maximum absolute atomic E-state index is 12.0. The Hall–Kier alpha value is -3.45. The molecule has 0 radical (unpaired) electrons. The van der Waals surface area contributed by atoms with E-state index >= 15 is 0 Å². The van der Waals surface area contributed by atoms with Gasteiger partial charge in [-0.15, -0.1) is 0 Å². The average molecular weight is 403 g/mol. The van der Waals surface area contributed by atoms with Crippen LogP contribution in [0, 0.1) is 0 Å². The number of ether oxygens (including phenoxy) is 1. The molecule has 7 heteroatoms. The smallest absolute Gasteiger partial charge is 0.179 e. The Morgan fingerprint density at radius 3 is 2.73 bits per heavy atom. The van der Waals surface area contributed by atoms with Gasteiger partial charge >= 0.3 is 0 Å². The Labute approximate surface area is 175 Å². The van der Waals surface area contributed by atoms with Crippen molar-refractivity contribution in [2.24, 2.45) is 0 Å². The zero-order valence-electron chi connectivity index (χ0n) is 17.4. The summed E-state index contributed by atoms with van der Waals surface area (Å²) in [5, 5.41) is 5.13. The number of rotatable bonds is 8. The van der Waals surface area contributed by atoms with Gasteiger partial charge in [-0.1, -0.05) is 18.2 Å². The molecule has 4 rings (SSSR count). The van der Waals surface area contributed by atoms with Gasteiger partial charge in [-0.2, -0.15) is 0 Å².